The van der Waals surface area contributed by atoms with Crippen molar-refractivity contribution in [3.05, 3.63) is 145 Å². The Morgan fingerprint density at radius 1 is 0.476 bits per heavy atom. The molecule has 2 aromatic heterocycles. The van der Waals surface area contributed by atoms with Crippen LogP contribution in [0.3, 0.4) is 0 Å². The van der Waals surface area contributed by atoms with E-state index < -0.39 is 0 Å². The van der Waals surface area contributed by atoms with Crippen LogP contribution in [0, 0.1) is 22.7 Å². The van der Waals surface area contributed by atoms with Crippen LogP contribution in [0.5, 0.6) is 0 Å². The zero-order valence-corrected chi connectivity index (χ0v) is 22.5. The first-order valence-corrected chi connectivity index (χ1v) is 13.8. The van der Waals surface area contributed by atoms with Gasteiger partial charge in [0.25, 0.3) is 0 Å². The van der Waals surface area contributed by atoms with E-state index in [9.17, 15) is 10.5 Å². The first kappa shape index (κ1) is 23.8. The predicted octanol–water partition coefficient (Wildman–Crippen LogP) is 9.29. The number of aromatic nitrogens is 2. The number of fused-ring (bicyclic) bond motifs is 6. The van der Waals surface area contributed by atoms with E-state index >= 15 is 0 Å². The van der Waals surface area contributed by atoms with Gasteiger partial charge in [-0.05, 0) is 66.2 Å². The van der Waals surface area contributed by atoms with E-state index in [0.29, 0.717) is 11.1 Å². The van der Waals surface area contributed by atoms with E-state index in [1.807, 2.05) is 54.6 Å². The summed E-state index contributed by atoms with van der Waals surface area (Å²) < 4.78 is 4.50. The van der Waals surface area contributed by atoms with Gasteiger partial charge in [-0.2, -0.15) is 10.5 Å². The molecule has 0 unspecified atom stereocenters. The topological polar surface area (TPSA) is 57.4 Å². The summed E-state index contributed by atoms with van der Waals surface area (Å²) in [6.45, 7) is 0. The Kier molecular flexibility index (Phi) is 5.22. The normalized spacial score (nSPS) is 11.3. The molecule has 0 aliphatic rings. The minimum Gasteiger partial charge on any atom is -0.309 e. The molecule has 0 aliphatic heterocycles. The van der Waals surface area contributed by atoms with Crippen LogP contribution in [0.2, 0.25) is 0 Å². The Morgan fingerprint density at radius 3 is 2.02 bits per heavy atom. The molecule has 0 atom stereocenters. The second kappa shape index (κ2) is 9.24. The van der Waals surface area contributed by atoms with Gasteiger partial charge in [0, 0.05) is 32.8 Å². The number of nitriles is 2. The molecule has 2 heterocycles. The van der Waals surface area contributed by atoms with E-state index in [-0.39, 0.29) is 0 Å². The van der Waals surface area contributed by atoms with Crippen molar-refractivity contribution in [2.24, 2.45) is 0 Å². The largest absolute Gasteiger partial charge is 0.309 e. The number of hydrogen-bond donors (Lipinski definition) is 0. The minimum atomic E-state index is 0.637. The van der Waals surface area contributed by atoms with E-state index in [0.717, 1.165) is 66.1 Å². The third-order valence-corrected chi connectivity index (χ3v) is 8.18. The summed E-state index contributed by atoms with van der Waals surface area (Å²) in [5, 5.41) is 24.0. The fourth-order valence-corrected chi connectivity index (χ4v) is 6.38. The highest BCUT2D eigenvalue weighted by atomic mass is 15.0. The molecular weight excluding hydrogens is 512 g/mol. The molecule has 194 valence electrons. The van der Waals surface area contributed by atoms with Crippen molar-refractivity contribution in [2.45, 2.75) is 0 Å². The highest BCUT2D eigenvalue weighted by Crippen LogP contribution is 2.41. The molecular formula is C38H22N4. The van der Waals surface area contributed by atoms with Gasteiger partial charge in [0.2, 0.25) is 0 Å². The van der Waals surface area contributed by atoms with E-state index in [1.54, 1.807) is 0 Å². The van der Waals surface area contributed by atoms with Gasteiger partial charge in [-0.15, -0.1) is 0 Å². The van der Waals surface area contributed by atoms with Crippen molar-refractivity contribution in [1.82, 2.24) is 9.13 Å². The number of benzene rings is 6. The lowest BCUT2D eigenvalue weighted by atomic mass is 9.99. The van der Waals surface area contributed by atoms with Crippen LogP contribution in [0.25, 0.3) is 66.1 Å². The lowest BCUT2D eigenvalue weighted by Gasteiger charge is -2.12. The number of nitrogens with zero attached hydrogens (tertiary/aromatic N) is 4. The molecule has 42 heavy (non-hydrogen) atoms. The SMILES string of the molecule is N#Cc1ccc2c(c1)c1cccc(-c3ccc4c(c3)c3ccccc3n4-c3ccccc3C#N)c1n2-c1ccccc1. The highest BCUT2D eigenvalue weighted by Gasteiger charge is 2.19. The standard InChI is InChI=1S/C38H22N4/c39-23-25-17-19-36-32(21-25)31-14-8-13-29(38(31)41(36)28-10-2-1-3-11-28)26-18-20-37-33(22-26)30-12-5-7-16-35(30)42(37)34-15-6-4-9-27(34)24-40/h1-22H. The van der Waals surface area contributed by atoms with E-state index in [4.69, 9.17) is 0 Å². The van der Waals surface area contributed by atoms with Crippen LogP contribution in [0.1, 0.15) is 11.1 Å². The van der Waals surface area contributed by atoms with Crippen LogP contribution in [0.4, 0.5) is 0 Å². The zero-order valence-electron chi connectivity index (χ0n) is 22.5. The van der Waals surface area contributed by atoms with E-state index in [2.05, 4.69) is 100 Å². The molecule has 0 amide bonds. The average molecular weight is 535 g/mol. The summed E-state index contributed by atoms with van der Waals surface area (Å²) in [6.07, 6.45) is 0. The Bertz CT molecular complexity index is 2430. The number of para-hydroxylation sites is 4. The maximum absolute atomic E-state index is 9.88. The van der Waals surface area contributed by atoms with Gasteiger partial charge in [0.05, 0.1) is 45.0 Å². The minimum absolute atomic E-state index is 0.637. The summed E-state index contributed by atoms with van der Waals surface area (Å²) >= 11 is 0. The molecule has 0 radical (unpaired) electrons. The van der Waals surface area contributed by atoms with Gasteiger partial charge < -0.3 is 9.13 Å². The van der Waals surface area contributed by atoms with Crippen LogP contribution < -0.4 is 0 Å². The molecule has 0 bridgehead atoms. The van der Waals surface area contributed by atoms with Gasteiger partial charge >= 0.3 is 0 Å². The van der Waals surface area contributed by atoms with Gasteiger partial charge in [-0.3, -0.25) is 0 Å². The molecule has 0 saturated heterocycles. The third-order valence-electron chi connectivity index (χ3n) is 8.18. The van der Waals surface area contributed by atoms with Crippen molar-refractivity contribution >= 4 is 43.6 Å². The molecule has 0 aliphatic carbocycles. The van der Waals surface area contributed by atoms with Crippen molar-refractivity contribution < 1.29 is 0 Å². The van der Waals surface area contributed by atoms with Crippen LogP contribution >= 0.6 is 0 Å². The van der Waals surface area contributed by atoms with Crippen LogP contribution in [-0.4, -0.2) is 9.13 Å². The lowest BCUT2D eigenvalue weighted by Crippen LogP contribution is -1.97. The molecule has 8 rings (SSSR count). The summed E-state index contributed by atoms with van der Waals surface area (Å²) in [5.74, 6) is 0. The monoisotopic (exact) mass is 534 g/mol. The Labute approximate surface area is 242 Å². The Balaban J connectivity index is 1.46. The summed E-state index contributed by atoms with van der Waals surface area (Å²) in [6, 6.07) is 50.2. The van der Waals surface area contributed by atoms with Gasteiger partial charge in [-0.1, -0.05) is 72.8 Å². The molecule has 4 nitrogen and oxygen atoms in total. The molecule has 4 heteroatoms. The zero-order chi connectivity index (χ0) is 28.2. The average Bonchev–Trinajstić information content (AvgIpc) is 3.57. The maximum Gasteiger partial charge on any atom is 0.101 e. The summed E-state index contributed by atoms with van der Waals surface area (Å²) in [7, 11) is 0. The molecule has 8 aromatic rings. The lowest BCUT2D eigenvalue weighted by molar-refractivity contribution is 1.17. The first-order chi connectivity index (χ1) is 20.8. The van der Waals surface area contributed by atoms with Gasteiger partial charge in [-0.25, -0.2) is 0 Å². The van der Waals surface area contributed by atoms with Crippen molar-refractivity contribution in [3.8, 4) is 34.6 Å². The predicted molar refractivity (Wildman–Crippen MR) is 170 cm³/mol. The van der Waals surface area contributed by atoms with E-state index in [1.165, 1.54) is 0 Å². The fraction of sp³-hybridized carbons (Fsp3) is 0. The number of rotatable bonds is 3. The molecule has 0 fully saturated rings. The quantitative estimate of drug-likeness (QED) is 0.227. The smallest absolute Gasteiger partial charge is 0.101 e. The second-order valence-electron chi connectivity index (χ2n) is 10.4. The van der Waals surface area contributed by atoms with Crippen molar-refractivity contribution in [3.63, 3.8) is 0 Å². The van der Waals surface area contributed by atoms with Crippen LogP contribution in [-0.2, 0) is 0 Å². The van der Waals surface area contributed by atoms with Crippen molar-refractivity contribution in [2.75, 3.05) is 0 Å². The maximum atomic E-state index is 9.88. The van der Waals surface area contributed by atoms with Gasteiger partial charge in [0.15, 0.2) is 0 Å². The molecule has 6 aromatic carbocycles. The summed E-state index contributed by atoms with van der Waals surface area (Å²) in [5.41, 5.74) is 9.72. The van der Waals surface area contributed by atoms with Crippen molar-refractivity contribution in [1.29, 1.82) is 10.5 Å². The summed E-state index contributed by atoms with van der Waals surface area (Å²) in [4.78, 5) is 0. The Hall–Kier alpha value is -6.10. The third kappa shape index (κ3) is 3.40. The number of hydrogen-bond acceptors (Lipinski definition) is 2. The molecule has 0 saturated carbocycles. The Morgan fingerprint density at radius 2 is 1.17 bits per heavy atom. The molecule has 0 N–H and O–H groups in total. The second-order valence-corrected chi connectivity index (χ2v) is 10.4. The fourth-order valence-electron chi connectivity index (χ4n) is 6.38. The van der Waals surface area contributed by atoms with Gasteiger partial charge in [0.1, 0.15) is 6.07 Å². The first-order valence-electron chi connectivity index (χ1n) is 13.8. The van der Waals surface area contributed by atoms with Crippen LogP contribution in [0.15, 0.2) is 133 Å². The highest BCUT2D eigenvalue weighted by molar-refractivity contribution is 6.16. The molecule has 0 spiro atoms.